The van der Waals surface area contributed by atoms with Crippen LogP contribution < -0.4 is 5.32 Å². The summed E-state index contributed by atoms with van der Waals surface area (Å²) < 4.78 is 0. The van der Waals surface area contributed by atoms with E-state index in [0.717, 1.165) is 34.4 Å². The normalized spacial score (nSPS) is 20.1. The molecule has 29 heavy (non-hydrogen) atoms. The first-order chi connectivity index (χ1) is 13.9. The average Bonchev–Trinajstić information content (AvgIpc) is 3.22. The third-order valence-corrected chi connectivity index (χ3v) is 5.99. The van der Waals surface area contributed by atoms with Crippen molar-refractivity contribution in [3.63, 3.8) is 0 Å². The van der Waals surface area contributed by atoms with Crippen molar-refractivity contribution in [2.45, 2.75) is 38.3 Å². The van der Waals surface area contributed by atoms with Crippen molar-refractivity contribution in [3.8, 4) is 0 Å². The standard InChI is InChI=1S/C23H25N3O3/c1-3-16-8-10-17(11-9-16)14-25(2)20(27)15-26-21(28)23(24-22(26)29)13-12-18-6-4-5-7-19(18)23/h4-11H,3,12-15H2,1-2H3,(H,24,29)/t23-/m0/s1. The molecule has 2 aliphatic rings. The first-order valence-electron chi connectivity index (χ1n) is 9.99. The predicted octanol–water partition coefficient (Wildman–Crippen LogP) is 2.60. The van der Waals surface area contributed by atoms with Gasteiger partial charge in [-0.05, 0) is 41.5 Å². The third-order valence-electron chi connectivity index (χ3n) is 5.99. The molecule has 2 aromatic rings. The number of carbonyl (C=O) groups excluding carboxylic acids is 3. The summed E-state index contributed by atoms with van der Waals surface area (Å²) in [7, 11) is 1.69. The van der Waals surface area contributed by atoms with Crippen molar-refractivity contribution < 1.29 is 14.4 Å². The highest BCUT2D eigenvalue weighted by molar-refractivity contribution is 6.09. The zero-order valence-electron chi connectivity index (χ0n) is 16.8. The molecule has 0 radical (unpaired) electrons. The van der Waals surface area contributed by atoms with Gasteiger partial charge in [-0.1, -0.05) is 55.5 Å². The van der Waals surface area contributed by atoms with Gasteiger partial charge in [-0.3, -0.25) is 14.5 Å². The summed E-state index contributed by atoms with van der Waals surface area (Å²) in [6.45, 7) is 2.27. The van der Waals surface area contributed by atoms with E-state index < -0.39 is 11.6 Å². The maximum absolute atomic E-state index is 13.2. The minimum absolute atomic E-state index is 0.252. The number of nitrogens with zero attached hydrogens (tertiary/aromatic N) is 2. The zero-order valence-corrected chi connectivity index (χ0v) is 16.8. The molecule has 4 amide bonds. The highest BCUT2D eigenvalue weighted by Crippen LogP contribution is 2.41. The number of urea groups is 1. The first kappa shape index (κ1) is 19.2. The van der Waals surface area contributed by atoms with E-state index in [1.165, 1.54) is 5.56 Å². The lowest BCUT2D eigenvalue weighted by Crippen LogP contribution is -2.44. The average molecular weight is 391 g/mol. The largest absolute Gasteiger partial charge is 0.340 e. The second-order valence-corrected chi connectivity index (χ2v) is 7.80. The van der Waals surface area contributed by atoms with Gasteiger partial charge in [0, 0.05) is 13.6 Å². The fourth-order valence-corrected chi connectivity index (χ4v) is 4.23. The molecule has 1 fully saturated rings. The molecule has 1 aliphatic heterocycles. The second kappa shape index (κ2) is 7.35. The maximum Gasteiger partial charge on any atom is 0.325 e. The number of likely N-dealkylation sites (N-methyl/N-ethyl adjacent to an activating group) is 1. The van der Waals surface area contributed by atoms with Gasteiger partial charge in [0.2, 0.25) is 5.91 Å². The summed E-state index contributed by atoms with van der Waals surface area (Å²) >= 11 is 0. The molecule has 1 spiro atoms. The van der Waals surface area contributed by atoms with Crippen LogP contribution in [0.1, 0.15) is 35.6 Å². The molecule has 4 rings (SSSR count). The molecule has 1 atom stereocenters. The molecule has 150 valence electrons. The van der Waals surface area contributed by atoms with Crippen molar-refractivity contribution in [3.05, 3.63) is 70.8 Å². The second-order valence-electron chi connectivity index (χ2n) is 7.80. The molecule has 1 aliphatic carbocycles. The van der Waals surface area contributed by atoms with Crippen molar-refractivity contribution in [1.29, 1.82) is 0 Å². The summed E-state index contributed by atoms with van der Waals surface area (Å²) in [5.41, 5.74) is 3.14. The molecule has 2 aromatic carbocycles. The van der Waals surface area contributed by atoms with Gasteiger partial charge < -0.3 is 10.2 Å². The zero-order chi connectivity index (χ0) is 20.6. The third kappa shape index (κ3) is 3.28. The Hall–Kier alpha value is -3.15. The van der Waals surface area contributed by atoms with E-state index in [4.69, 9.17) is 0 Å². The topological polar surface area (TPSA) is 69.7 Å². The molecule has 6 nitrogen and oxygen atoms in total. The molecular formula is C23H25N3O3. The van der Waals surface area contributed by atoms with E-state index in [2.05, 4.69) is 12.2 Å². The van der Waals surface area contributed by atoms with E-state index in [-0.39, 0.29) is 18.4 Å². The number of carbonyl (C=O) groups is 3. The van der Waals surface area contributed by atoms with E-state index in [9.17, 15) is 14.4 Å². The lowest BCUT2D eigenvalue weighted by atomic mass is 9.92. The SMILES string of the molecule is CCc1ccc(CN(C)C(=O)CN2C(=O)N[C@]3(CCc4ccccc43)C2=O)cc1. The van der Waals surface area contributed by atoms with E-state index in [0.29, 0.717) is 13.0 Å². The maximum atomic E-state index is 13.2. The molecule has 0 saturated carbocycles. The Morgan fingerprint density at radius 3 is 2.52 bits per heavy atom. The molecule has 1 heterocycles. The van der Waals surface area contributed by atoms with Gasteiger partial charge in [-0.15, -0.1) is 0 Å². The number of rotatable bonds is 5. The van der Waals surface area contributed by atoms with E-state index in [1.54, 1.807) is 11.9 Å². The molecule has 6 heteroatoms. The summed E-state index contributed by atoms with van der Waals surface area (Å²) in [5, 5.41) is 2.86. The Morgan fingerprint density at radius 1 is 1.10 bits per heavy atom. The van der Waals surface area contributed by atoms with Crippen LogP contribution in [0.4, 0.5) is 4.79 Å². The number of aryl methyl sites for hydroxylation is 2. The van der Waals surface area contributed by atoms with Gasteiger partial charge in [0.15, 0.2) is 0 Å². The summed E-state index contributed by atoms with van der Waals surface area (Å²) in [6.07, 6.45) is 2.23. The molecule has 1 saturated heterocycles. The molecule has 0 aromatic heterocycles. The van der Waals surface area contributed by atoms with Crippen LogP contribution in [0.3, 0.4) is 0 Å². The fourth-order valence-electron chi connectivity index (χ4n) is 4.23. The highest BCUT2D eigenvalue weighted by atomic mass is 16.2. The predicted molar refractivity (Wildman–Crippen MR) is 109 cm³/mol. The number of nitrogens with one attached hydrogen (secondary N) is 1. The van der Waals surface area contributed by atoms with Crippen LogP contribution in [-0.2, 0) is 34.5 Å². The minimum atomic E-state index is -1.03. The molecule has 0 bridgehead atoms. The number of amides is 4. The molecular weight excluding hydrogens is 366 g/mol. The quantitative estimate of drug-likeness (QED) is 0.797. The number of hydrogen-bond donors (Lipinski definition) is 1. The van der Waals surface area contributed by atoms with Crippen molar-refractivity contribution in [2.24, 2.45) is 0 Å². The van der Waals surface area contributed by atoms with Crippen LogP contribution in [0, 0.1) is 0 Å². The molecule has 1 N–H and O–H groups in total. The van der Waals surface area contributed by atoms with Crippen LogP contribution in [0.5, 0.6) is 0 Å². The van der Waals surface area contributed by atoms with E-state index >= 15 is 0 Å². The van der Waals surface area contributed by atoms with Gasteiger partial charge in [-0.25, -0.2) is 4.79 Å². The smallest absolute Gasteiger partial charge is 0.325 e. The van der Waals surface area contributed by atoms with Crippen LogP contribution >= 0.6 is 0 Å². The summed E-state index contributed by atoms with van der Waals surface area (Å²) in [4.78, 5) is 41.1. The Kier molecular flexibility index (Phi) is 4.86. The lowest BCUT2D eigenvalue weighted by molar-refractivity contribution is -0.138. The Labute approximate surface area is 170 Å². The van der Waals surface area contributed by atoms with Gasteiger partial charge in [0.05, 0.1) is 0 Å². The Morgan fingerprint density at radius 2 is 1.79 bits per heavy atom. The van der Waals surface area contributed by atoms with E-state index in [1.807, 2.05) is 48.5 Å². The Bertz CT molecular complexity index is 970. The van der Waals surface area contributed by atoms with Gasteiger partial charge in [0.25, 0.3) is 5.91 Å². The van der Waals surface area contributed by atoms with Crippen molar-refractivity contribution in [1.82, 2.24) is 15.1 Å². The number of imide groups is 1. The van der Waals surface area contributed by atoms with Gasteiger partial charge >= 0.3 is 6.03 Å². The number of fused-ring (bicyclic) bond motifs is 2. The number of benzene rings is 2. The van der Waals surface area contributed by atoms with Crippen molar-refractivity contribution >= 4 is 17.8 Å². The van der Waals surface area contributed by atoms with Gasteiger partial charge in [-0.2, -0.15) is 0 Å². The molecule has 0 unspecified atom stereocenters. The summed E-state index contributed by atoms with van der Waals surface area (Å²) in [5.74, 6) is -0.599. The highest BCUT2D eigenvalue weighted by Gasteiger charge is 2.55. The van der Waals surface area contributed by atoms with Crippen LogP contribution in [0.25, 0.3) is 0 Å². The van der Waals surface area contributed by atoms with Crippen LogP contribution in [0.2, 0.25) is 0 Å². The fraction of sp³-hybridized carbons (Fsp3) is 0.348. The van der Waals surface area contributed by atoms with Crippen LogP contribution in [-0.4, -0.2) is 41.2 Å². The Balaban J connectivity index is 1.46. The number of hydrogen-bond acceptors (Lipinski definition) is 3. The van der Waals surface area contributed by atoms with Crippen LogP contribution in [0.15, 0.2) is 48.5 Å². The lowest BCUT2D eigenvalue weighted by Gasteiger charge is -2.23. The van der Waals surface area contributed by atoms with Gasteiger partial charge in [0.1, 0.15) is 12.1 Å². The monoisotopic (exact) mass is 391 g/mol. The van der Waals surface area contributed by atoms with Crippen molar-refractivity contribution in [2.75, 3.05) is 13.6 Å². The minimum Gasteiger partial charge on any atom is -0.340 e. The first-order valence-corrected chi connectivity index (χ1v) is 9.99. The summed E-state index contributed by atoms with van der Waals surface area (Å²) in [6, 6.07) is 15.3.